The Bertz CT molecular complexity index is 284. The third-order valence-corrected chi connectivity index (χ3v) is 2.21. The van der Waals surface area contributed by atoms with Crippen LogP contribution in [0.5, 0.6) is 0 Å². The Morgan fingerprint density at radius 3 is 2.86 bits per heavy atom. The molecule has 1 unspecified atom stereocenters. The van der Waals surface area contributed by atoms with Crippen molar-refractivity contribution in [2.24, 2.45) is 7.05 Å². The van der Waals surface area contributed by atoms with E-state index < -0.39 is 6.10 Å². The molecule has 0 fully saturated rings. The lowest BCUT2D eigenvalue weighted by molar-refractivity contribution is 0.130. The summed E-state index contributed by atoms with van der Waals surface area (Å²) in [5.74, 6) is 0. The number of nitrogens with zero attached hydrogens (tertiary/aromatic N) is 2. The van der Waals surface area contributed by atoms with Gasteiger partial charge in [-0.3, -0.25) is 4.68 Å². The zero-order valence-corrected chi connectivity index (χ0v) is 9.03. The van der Waals surface area contributed by atoms with Crippen molar-refractivity contribution in [2.75, 3.05) is 13.7 Å². The molecular formula is C10H18N2O2. The lowest BCUT2D eigenvalue weighted by atomic mass is 10.1. The van der Waals surface area contributed by atoms with Crippen LogP contribution in [0.2, 0.25) is 0 Å². The van der Waals surface area contributed by atoms with Crippen LogP contribution in [0.1, 0.15) is 30.3 Å². The maximum absolute atomic E-state index is 9.82. The van der Waals surface area contributed by atoms with Gasteiger partial charge in [-0.05, 0) is 25.8 Å². The van der Waals surface area contributed by atoms with Crippen molar-refractivity contribution < 1.29 is 9.84 Å². The predicted octanol–water partition coefficient (Wildman–Crippen LogP) is 1.19. The van der Waals surface area contributed by atoms with E-state index in [0.717, 1.165) is 17.8 Å². The molecule has 1 rings (SSSR count). The number of aromatic nitrogens is 2. The highest BCUT2D eigenvalue weighted by Crippen LogP contribution is 2.18. The lowest BCUT2D eigenvalue weighted by Gasteiger charge is -2.09. The number of rotatable bonds is 5. The second-order valence-corrected chi connectivity index (χ2v) is 3.49. The molecular weight excluding hydrogens is 180 g/mol. The van der Waals surface area contributed by atoms with Gasteiger partial charge in [0, 0.05) is 20.8 Å². The zero-order chi connectivity index (χ0) is 10.6. The fraction of sp³-hybridized carbons (Fsp3) is 0.700. The highest BCUT2D eigenvalue weighted by atomic mass is 16.5. The van der Waals surface area contributed by atoms with Crippen molar-refractivity contribution in [1.29, 1.82) is 0 Å². The van der Waals surface area contributed by atoms with Gasteiger partial charge in [-0.1, -0.05) is 0 Å². The van der Waals surface area contributed by atoms with Crippen LogP contribution in [0, 0.1) is 6.92 Å². The Kier molecular flexibility index (Phi) is 4.10. The summed E-state index contributed by atoms with van der Waals surface area (Å²) in [6.07, 6.45) is 1.14. The van der Waals surface area contributed by atoms with Crippen molar-refractivity contribution in [3.63, 3.8) is 0 Å². The minimum Gasteiger partial charge on any atom is -0.387 e. The Labute approximate surface area is 84.5 Å². The Hall–Kier alpha value is -0.870. The van der Waals surface area contributed by atoms with Gasteiger partial charge in [-0.15, -0.1) is 0 Å². The van der Waals surface area contributed by atoms with E-state index in [2.05, 4.69) is 5.10 Å². The van der Waals surface area contributed by atoms with Crippen molar-refractivity contribution >= 4 is 0 Å². The summed E-state index contributed by atoms with van der Waals surface area (Å²) in [6.45, 7) is 2.61. The first-order valence-electron chi connectivity index (χ1n) is 4.82. The van der Waals surface area contributed by atoms with Gasteiger partial charge in [0.05, 0.1) is 17.5 Å². The van der Waals surface area contributed by atoms with Gasteiger partial charge in [0.15, 0.2) is 0 Å². The highest BCUT2D eigenvalue weighted by Gasteiger charge is 2.12. The van der Waals surface area contributed by atoms with E-state index in [-0.39, 0.29) is 0 Å². The van der Waals surface area contributed by atoms with Crippen LogP contribution in [-0.4, -0.2) is 28.6 Å². The third-order valence-electron chi connectivity index (χ3n) is 2.21. The van der Waals surface area contributed by atoms with E-state index >= 15 is 0 Å². The average molecular weight is 198 g/mol. The third kappa shape index (κ3) is 2.82. The van der Waals surface area contributed by atoms with Gasteiger partial charge in [-0.2, -0.15) is 5.10 Å². The smallest absolute Gasteiger partial charge is 0.0957 e. The minimum atomic E-state index is -0.434. The maximum Gasteiger partial charge on any atom is 0.0957 e. The van der Waals surface area contributed by atoms with Crippen LogP contribution in [0.3, 0.4) is 0 Å². The molecule has 1 atom stereocenters. The van der Waals surface area contributed by atoms with E-state index in [0.29, 0.717) is 13.0 Å². The quantitative estimate of drug-likeness (QED) is 0.723. The number of aliphatic hydroxyl groups excluding tert-OH is 1. The summed E-state index contributed by atoms with van der Waals surface area (Å²) in [7, 11) is 3.52. The first-order chi connectivity index (χ1) is 6.65. The first-order valence-corrected chi connectivity index (χ1v) is 4.82. The van der Waals surface area contributed by atoms with E-state index in [1.54, 1.807) is 11.8 Å². The molecule has 0 amide bonds. The highest BCUT2D eigenvalue weighted by molar-refractivity contribution is 5.11. The van der Waals surface area contributed by atoms with Crippen molar-refractivity contribution in [3.8, 4) is 0 Å². The summed E-state index contributed by atoms with van der Waals surface area (Å²) in [5.41, 5.74) is 1.81. The van der Waals surface area contributed by atoms with E-state index in [1.165, 1.54) is 0 Å². The number of hydrogen-bond donors (Lipinski definition) is 1. The molecule has 0 spiro atoms. The second-order valence-electron chi connectivity index (χ2n) is 3.49. The fourth-order valence-corrected chi connectivity index (χ4v) is 1.51. The Morgan fingerprint density at radius 1 is 1.64 bits per heavy atom. The fourth-order valence-electron chi connectivity index (χ4n) is 1.51. The SMILES string of the molecule is COCCCC(O)c1cc(C)nn1C. The molecule has 0 radical (unpaired) electrons. The van der Waals surface area contributed by atoms with Crippen molar-refractivity contribution in [1.82, 2.24) is 9.78 Å². The van der Waals surface area contributed by atoms with Gasteiger partial charge in [0.25, 0.3) is 0 Å². The number of hydrogen-bond acceptors (Lipinski definition) is 3. The monoisotopic (exact) mass is 198 g/mol. The molecule has 80 valence electrons. The summed E-state index contributed by atoms with van der Waals surface area (Å²) < 4.78 is 6.66. The van der Waals surface area contributed by atoms with Crippen LogP contribution in [-0.2, 0) is 11.8 Å². The van der Waals surface area contributed by atoms with Crippen LogP contribution in [0.25, 0.3) is 0 Å². The number of aryl methyl sites for hydroxylation is 2. The molecule has 1 heterocycles. The minimum absolute atomic E-state index is 0.434. The molecule has 0 aliphatic rings. The van der Waals surface area contributed by atoms with Crippen LogP contribution in [0.4, 0.5) is 0 Å². The molecule has 1 aromatic heterocycles. The lowest BCUT2D eigenvalue weighted by Crippen LogP contribution is -2.06. The van der Waals surface area contributed by atoms with Gasteiger partial charge < -0.3 is 9.84 Å². The number of ether oxygens (including phenoxy) is 1. The molecule has 4 heteroatoms. The topological polar surface area (TPSA) is 47.3 Å². The van der Waals surface area contributed by atoms with Crippen LogP contribution < -0.4 is 0 Å². The summed E-state index contributed by atoms with van der Waals surface area (Å²) in [6, 6.07) is 1.91. The molecule has 4 nitrogen and oxygen atoms in total. The normalized spacial score (nSPS) is 13.1. The maximum atomic E-state index is 9.82. The summed E-state index contributed by atoms with van der Waals surface area (Å²) in [5, 5.41) is 14.0. The van der Waals surface area contributed by atoms with Crippen molar-refractivity contribution in [2.45, 2.75) is 25.9 Å². The Morgan fingerprint density at radius 2 is 2.36 bits per heavy atom. The molecule has 0 aliphatic heterocycles. The predicted molar refractivity (Wildman–Crippen MR) is 54.0 cm³/mol. The van der Waals surface area contributed by atoms with E-state index in [1.807, 2.05) is 20.0 Å². The summed E-state index contributed by atoms with van der Waals surface area (Å²) in [4.78, 5) is 0. The molecule has 0 aromatic carbocycles. The standard InChI is InChI=1S/C10H18N2O2/c1-8-7-9(12(2)11-8)10(13)5-4-6-14-3/h7,10,13H,4-6H2,1-3H3. The molecule has 1 aromatic rings. The zero-order valence-electron chi connectivity index (χ0n) is 9.03. The molecule has 0 bridgehead atoms. The van der Waals surface area contributed by atoms with Gasteiger partial charge in [-0.25, -0.2) is 0 Å². The van der Waals surface area contributed by atoms with Gasteiger partial charge in [0.2, 0.25) is 0 Å². The summed E-state index contributed by atoms with van der Waals surface area (Å²) >= 11 is 0. The first kappa shape index (κ1) is 11.2. The van der Waals surface area contributed by atoms with E-state index in [4.69, 9.17) is 4.74 Å². The van der Waals surface area contributed by atoms with Gasteiger partial charge >= 0.3 is 0 Å². The number of aliphatic hydroxyl groups is 1. The average Bonchev–Trinajstić information content (AvgIpc) is 2.45. The van der Waals surface area contributed by atoms with Gasteiger partial charge in [0.1, 0.15) is 0 Å². The van der Waals surface area contributed by atoms with E-state index in [9.17, 15) is 5.11 Å². The second kappa shape index (κ2) is 5.12. The Balaban J connectivity index is 2.51. The molecule has 0 saturated carbocycles. The molecule has 0 saturated heterocycles. The van der Waals surface area contributed by atoms with Crippen LogP contribution >= 0.6 is 0 Å². The van der Waals surface area contributed by atoms with Crippen LogP contribution in [0.15, 0.2) is 6.07 Å². The molecule has 14 heavy (non-hydrogen) atoms. The molecule has 1 N–H and O–H groups in total. The number of methoxy groups -OCH3 is 1. The molecule has 0 aliphatic carbocycles. The largest absolute Gasteiger partial charge is 0.387 e. The van der Waals surface area contributed by atoms with Crippen molar-refractivity contribution in [3.05, 3.63) is 17.5 Å².